The summed E-state index contributed by atoms with van der Waals surface area (Å²) in [4.78, 5) is 0. The quantitative estimate of drug-likeness (QED) is 0.835. The van der Waals surface area contributed by atoms with Gasteiger partial charge in [-0.3, -0.25) is 0 Å². The van der Waals surface area contributed by atoms with E-state index in [9.17, 15) is 5.11 Å². The fourth-order valence-corrected chi connectivity index (χ4v) is 3.27. The number of hydrogen-bond acceptors (Lipinski definition) is 2. The molecule has 0 aliphatic heterocycles. The lowest BCUT2D eigenvalue weighted by atomic mass is 9.98. The lowest BCUT2D eigenvalue weighted by molar-refractivity contribution is 0.217. The van der Waals surface area contributed by atoms with Crippen LogP contribution in [0.5, 0.6) is 0 Å². The second-order valence-corrected chi connectivity index (χ2v) is 6.15. The predicted octanol–water partition coefficient (Wildman–Crippen LogP) is 2.51. The van der Waals surface area contributed by atoms with E-state index in [4.69, 9.17) is 0 Å². The van der Waals surface area contributed by atoms with Crippen molar-refractivity contribution in [1.29, 1.82) is 0 Å². The third-order valence-corrected chi connectivity index (χ3v) is 4.57. The lowest BCUT2D eigenvalue weighted by Crippen LogP contribution is -2.41. The molecule has 2 heteroatoms. The van der Waals surface area contributed by atoms with E-state index in [0.29, 0.717) is 12.6 Å². The van der Waals surface area contributed by atoms with Crippen molar-refractivity contribution in [3.8, 4) is 0 Å². The Morgan fingerprint density at radius 2 is 1.94 bits per heavy atom. The van der Waals surface area contributed by atoms with Crippen LogP contribution >= 0.6 is 0 Å². The molecule has 0 bridgehead atoms. The molecule has 2 atom stereocenters. The zero-order chi connectivity index (χ0) is 12.4. The largest absolute Gasteiger partial charge is 0.394 e. The van der Waals surface area contributed by atoms with Gasteiger partial charge >= 0.3 is 0 Å². The summed E-state index contributed by atoms with van der Waals surface area (Å²) in [5.41, 5.74) is 1.57. The summed E-state index contributed by atoms with van der Waals surface area (Å²) >= 11 is 0. The van der Waals surface area contributed by atoms with Crippen LogP contribution in [0.1, 0.15) is 37.7 Å². The van der Waals surface area contributed by atoms with Crippen molar-refractivity contribution in [2.24, 2.45) is 5.92 Å². The fraction of sp³-hybridized carbons (Fsp3) is 0.625. The molecule has 1 aromatic carbocycles. The molecule has 0 radical (unpaired) electrons. The van der Waals surface area contributed by atoms with Crippen molar-refractivity contribution in [1.82, 2.24) is 5.32 Å². The van der Waals surface area contributed by atoms with Crippen molar-refractivity contribution in [3.63, 3.8) is 0 Å². The summed E-state index contributed by atoms with van der Waals surface area (Å²) in [6.07, 6.45) is 7.40. The Labute approximate surface area is 109 Å². The van der Waals surface area contributed by atoms with E-state index in [1.165, 1.54) is 31.2 Å². The molecule has 0 unspecified atom stereocenters. The normalized spacial score (nSPS) is 29.4. The van der Waals surface area contributed by atoms with E-state index in [1.807, 2.05) is 0 Å². The van der Waals surface area contributed by atoms with Crippen LogP contribution in [0.4, 0.5) is 0 Å². The van der Waals surface area contributed by atoms with E-state index in [0.717, 1.165) is 18.8 Å². The number of nitrogens with one attached hydrogen (secondary N) is 1. The van der Waals surface area contributed by atoms with Crippen LogP contribution < -0.4 is 5.32 Å². The third kappa shape index (κ3) is 2.76. The molecule has 2 nitrogen and oxygen atoms in total. The predicted molar refractivity (Wildman–Crippen MR) is 73.5 cm³/mol. The molecule has 2 saturated carbocycles. The van der Waals surface area contributed by atoms with Crippen LogP contribution in [0.25, 0.3) is 0 Å². The molecule has 2 N–H and O–H groups in total. The minimum atomic E-state index is 0.103. The minimum absolute atomic E-state index is 0.103. The smallest absolute Gasteiger partial charge is 0.0613 e. The van der Waals surface area contributed by atoms with Crippen LogP contribution in [0.15, 0.2) is 30.3 Å². The van der Waals surface area contributed by atoms with Crippen molar-refractivity contribution < 1.29 is 5.11 Å². The monoisotopic (exact) mass is 245 g/mol. The Morgan fingerprint density at radius 1 is 1.17 bits per heavy atom. The molecule has 3 rings (SSSR count). The third-order valence-electron chi connectivity index (χ3n) is 4.57. The van der Waals surface area contributed by atoms with E-state index >= 15 is 0 Å². The minimum Gasteiger partial charge on any atom is -0.394 e. The molecule has 0 heterocycles. The number of aliphatic hydroxyl groups is 1. The van der Waals surface area contributed by atoms with Gasteiger partial charge in [-0.15, -0.1) is 0 Å². The van der Waals surface area contributed by atoms with Gasteiger partial charge in [0, 0.05) is 11.6 Å². The van der Waals surface area contributed by atoms with Gasteiger partial charge in [-0.25, -0.2) is 0 Å². The SMILES string of the molecule is OCC1(N[C@H]2CC[C@@H](Cc3ccccc3)C2)CC1. The van der Waals surface area contributed by atoms with Crippen molar-refractivity contribution >= 4 is 0 Å². The number of rotatable bonds is 5. The van der Waals surface area contributed by atoms with Crippen molar-refractivity contribution in [2.75, 3.05) is 6.61 Å². The Balaban J connectivity index is 1.50. The van der Waals surface area contributed by atoms with Crippen LogP contribution in [-0.2, 0) is 6.42 Å². The molecule has 0 amide bonds. The first kappa shape index (κ1) is 12.2. The molecule has 1 aromatic rings. The highest BCUT2D eigenvalue weighted by molar-refractivity contribution is 5.15. The van der Waals surface area contributed by atoms with E-state index in [-0.39, 0.29) is 5.54 Å². The standard InChI is InChI=1S/C16H23NO/c18-12-16(8-9-16)17-15-7-6-14(11-15)10-13-4-2-1-3-5-13/h1-5,14-15,17-18H,6-12H2/t14-,15-/m0/s1. The number of aliphatic hydroxyl groups excluding tert-OH is 1. The molecule has 0 aromatic heterocycles. The van der Waals surface area contributed by atoms with Gasteiger partial charge in [0.15, 0.2) is 0 Å². The highest BCUT2D eigenvalue weighted by Gasteiger charge is 2.44. The van der Waals surface area contributed by atoms with E-state index in [2.05, 4.69) is 35.6 Å². The summed E-state index contributed by atoms with van der Waals surface area (Å²) in [6, 6.07) is 11.4. The molecule has 18 heavy (non-hydrogen) atoms. The second-order valence-electron chi connectivity index (χ2n) is 6.15. The van der Waals surface area contributed by atoms with Gasteiger partial charge in [-0.2, -0.15) is 0 Å². The molecular weight excluding hydrogens is 222 g/mol. The van der Waals surface area contributed by atoms with Gasteiger partial charge in [-0.05, 0) is 50.0 Å². The first-order chi connectivity index (χ1) is 8.80. The van der Waals surface area contributed by atoms with Gasteiger partial charge in [0.25, 0.3) is 0 Å². The molecule has 0 spiro atoms. The average Bonchev–Trinajstić information content (AvgIpc) is 3.04. The topological polar surface area (TPSA) is 32.3 Å². The Bertz CT molecular complexity index is 385. The molecule has 2 fully saturated rings. The maximum Gasteiger partial charge on any atom is 0.0613 e. The van der Waals surface area contributed by atoms with Crippen LogP contribution in [-0.4, -0.2) is 23.3 Å². The van der Waals surface area contributed by atoms with E-state index < -0.39 is 0 Å². The maximum absolute atomic E-state index is 9.36. The first-order valence-electron chi connectivity index (χ1n) is 7.22. The van der Waals surface area contributed by atoms with Gasteiger partial charge < -0.3 is 10.4 Å². The van der Waals surface area contributed by atoms with Crippen LogP contribution in [0, 0.1) is 5.92 Å². The van der Waals surface area contributed by atoms with Crippen LogP contribution in [0.3, 0.4) is 0 Å². The zero-order valence-corrected chi connectivity index (χ0v) is 10.9. The van der Waals surface area contributed by atoms with Crippen molar-refractivity contribution in [2.45, 2.75) is 50.1 Å². The molecule has 98 valence electrons. The Hall–Kier alpha value is -0.860. The highest BCUT2D eigenvalue weighted by Crippen LogP contribution is 2.38. The second kappa shape index (κ2) is 5.02. The average molecular weight is 245 g/mol. The van der Waals surface area contributed by atoms with Crippen molar-refractivity contribution in [3.05, 3.63) is 35.9 Å². The van der Waals surface area contributed by atoms with E-state index in [1.54, 1.807) is 0 Å². The summed E-state index contributed by atoms with van der Waals surface area (Å²) in [7, 11) is 0. The van der Waals surface area contributed by atoms with Gasteiger partial charge in [0.1, 0.15) is 0 Å². The van der Waals surface area contributed by atoms with Crippen LogP contribution in [0.2, 0.25) is 0 Å². The lowest BCUT2D eigenvalue weighted by Gasteiger charge is -2.20. The Morgan fingerprint density at radius 3 is 2.61 bits per heavy atom. The highest BCUT2D eigenvalue weighted by atomic mass is 16.3. The summed E-state index contributed by atoms with van der Waals surface area (Å²) in [5, 5.41) is 13.0. The van der Waals surface area contributed by atoms with Gasteiger partial charge in [0.05, 0.1) is 6.61 Å². The molecule has 2 aliphatic rings. The summed E-state index contributed by atoms with van der Waals surface area (Å²) in [5.74, 6) is 0.819. The Kier molecular flexibility index (Phi) is 3.40. The molecular formula is C16H23NO. The number of hydrogen-bond donors (Lipinski definition) is 2. The fourth-order valence-electron chi connectivity index (χ4n) is 3.27. The summed E-state index contributed by atoms with van der Waals surface area (Å²) < 4.78 is 0. The molecule has 0 saturated heterocycles. The summed E-state index contributed by atoms with van der Waals surface area (Å²) in [6.45, 7) is 0.312. The van der Waals surface area contributed by atoms with Gasteiger partial charge in [-0.1, -0.05) is 30.3 Å². The number of benzene rings is 1. The maximum atomic E-state index is 9.36. The molecule has 2 aliphatic carbocycles. The van der Waals surface area contributed by atoms with Gasteiger partial charge in [0.2, 0.25) is 0 Å². The zero-order valence-electron chi connectivity index (χ0n) is 10.9. The first-order valence-corrected chi connectivity index (χ1v) is 7.22.